The van der Waals surface area contributed by atoms with Gasteiger partial charge >= 0.3 is 11.7 Å². The second-order valence-electron chi connectivity index (χ2n) is 7.39. The summed E-state index contributed by atoms with van der Waals surface area (Å²) < 4.78 is 2.58. The second-order valence-corrected chi connectivity index (χ2v) is 7.39. The maximum atomic E-state index is 13.0. The van der Waals surface area contributed by atoms with Crippen LogP contribution in [0.15, 0.2) is 52.1 Å². The highest BCUT2D eigenvalue weighted by atomic mass is 16.4. The molecule has 0 saturated carbocycles. The lowest BCUT2D eigenvalue weighted by molar-refractivity contribution is -0.138. The highest BCUT2D eigenvalue weighted by Crippen LogP contribution is 2.14. The molecule has 3 N–H and O–H groups in total. The Labute approximate surface area is 167 Å². The molecule has 0 fully saturated rings. The van der Waals surface area contributed by atoms with Crippen LogP contribution in [0, 0.1) is 0 Å². The van der Waals surface area contributed by atoms with Crippen molar-refractivity contribution in [3.8, 4) is 5.69 Å². The predicted octanol–water partition coefficient (Wildman–Crippen LogP) is 0.705. The predicted molar refractivity (Wildman–Crippen MR) is 111 cm³/mol. The largest absolute Gasteiger partial charge is 0.480 e. The third-order valence-electron chi connectivity index (χ3n) is 4.80. The van der Waals surface area contributed by atoms with Crippen LogP contribution in [0.2, 0.25) is 0 Å². The number of benzene rings is 2. The normalized spacial score (nSPS) is 12.4. The summed E-state index contributed by atoms with van der Waals surface area (Å²) >= 11 is 0. The lowest BCUT2D eigenvalue weighted by atomic mass is 10.1. The Morgan fingerprint density at radius 2 is 1.72 bits per heavy atom. The number of aliphatic carboxylic acids is 1. The van der Waals surface area contributed by atoms with Gasteiger partial charge in [0, 0.05) is 13.6 Å². The van der Waals surface area contributed by atoms with Crippen molar-refractivity contribution >= 4 is 16.9 Å². The number of hydrogen-bond donors (Lipinski definition) is 2. The zero-order valence-corrected chi connectivity index (χ0v) is 16.6. The summed E-state index contributed by atoms with van der Waals surface area (Å²) in [5.41, 5.74) is 7.44. The van der Waals surface area contributed by atoms with Crippen LogP contribution in [0.1, 0.15) is 11.1 Å². The molecule has 0 aliphatic heterocycles. The number of nitrogens with two attached hydrogens (primary N) is 1. The van der Waals surface area contributed by atoms with Crippen LogP contribution in [0.5, 0.6) is 0 Å². The van der Waals surface area contributed by atoms with Gasteiger partial charge < -0.3 is 15.7 Å². The van der Waals surface area contributed by atoms with Gasteiger partial charge in [-0.2, -0.15) is 0 Å². The fraction of sp³-hybridized carbons (Fsp3) is 0.286. The molecule has 2 aromatic carbocycles. The van der Waals surface area contributed by atoms with Crippen molar-refractivity contribution in [2.75, 3.05) is 14.1 Å². The molecule has 1 aromatic heterocycles. The zero-order valence-electron chi connectivity index (χ0n) is 16.6. The number of nitrogens with zero attached hydrogens (tertiary/aromatic N) is 3. The molecular formula is C21H24N4O4. The van der Waals surface area contributed by atoms with E-state index in [1.807, 2.05) is 31.1 Å². The van der Waals surface area contributed by atoms with Gasteiger partial charge in [0.2, 0.25) is 0 Å². The van der Waals surface area contributed by atoms with Crippen molar-refractivity contribution in [3.63, 3.8) is 0 Å². The van der Waals surface area contributed by atoms with E-state index in [4.69, 9.17) is 10.8 Å². The third kappa shape index (κ3) is 4.13. The minimum atomic E-state index is -1.08. The highest BCUT2D eigenvalue weighted by Gasteiger charge is 2.15. The van der Waals surface area contributed by atoms with Crippen molar-refractivity contribution in [2.24, 2.45) is 12.8 Å². The SMILES string of the molecule is CN(C)Cc1ccc2c(=O)n(-c3ccc(CC(N)C(=O)O)cc3)c(=O)n(C)c2c1. The molecule has 3 aromatic rings. The molecule has 8 nitrogen and oxygen atoms in total. The van der Waals surface area contributed by atoms with E-state index in [0.29, 0.717) is 28.7 Å². The monoisotopic (exact) mass is 396 g/mol. The topological polar surface area (TPSA) is 111 Å². The molecular weight excluding hydrogens is 372 g/mol. The van der Waals surface area contributed by atoms with Gasteiger partial charge in [0.25, 0.3) is 5.56 Å². The fourth-order valence-electron chi connectivity index (χ4n) is 3.31. The fourth-order valence-corrected chi connectivity index (χ4v) is 3.31. The summed E-state index contributed by atoms with van der Waals surface area (Å²) in [6.45, 7) is 0.702. The Morgan fingerprint density at radius 1 is 1.10 bits per heavy atom. The van der Waals surface area contributed by atoms with E-state index in [-0.39, 0.29) is 6.42 Å². The maximum Gasteiger partial charge on any atom is 0.335 e. The molecule has 0 bridgehead atoms. The van der Waals surface area contributed by atoms with Crippen LogP contribution < -0.4 is 17.0 Å². The van der Waals surface area contributed by atoms with Gasteiger partial charge in [-0.15, -0.1) is 0 Å². The number of fused-ring (bicyclic) bond motifs is 1. The Bertz CT molecular complexity index is 1180. The third-order valence-corrected chi connectivity index (χ3v) is 4.80. The Kier molecular flexibility index (Phi) is 5.67. The highest BCUT2D eigenvalue weighted by molar-refractivity contribution is 5.79. The first-order valence-electron chi connectivity index (χ1n) is 9.16. The minimum absolute atomic E-state index is 0.162. The van der Waals surface area contributed by atoms with Gasteiger partial charge in [-0.05, 0) is 55.9 Å². The molecule has 29 heavy (non-hydrogen) atoms. The standard InChI is InChI=1S/C21H24N4O4/c1-23(2)12-14-6-9-16-18(11-14)24(3)21(29)25(19(16)26)15-7-4-13(5-8-15)10-17(22)20(27)28/h4-9,11,17H,10,12,22H2,1-3H3,(H,27,28). The number of aryl methyl sites for hydroxylation is 1. The van der Waals surface area contributed by atoms with E-state index in [1.54, 1.807) is 37.4 Å². The molecule has 152 valence electrons. The number of carbonyl (C=O) groups is 1. The van der Waals surface area contributed by atoms with E-state index in [0.717, 1.165) is 10.1 Å². The molecule has 0 spiro atoms. The second kappa shape index (κ2) is 8.02. The number of carboxylic acid groups (broad SMARTS) is 1. The lowest BCUT2D eigenvalue weighted by Gasteiger charge is -2.14. The molecule has 3 rings (SSSR count). The van der Waals surface area contributed by atoms with Crippen LogP contribution in [-0.4, -0.2) is 45.2 Å². The summed E-state index contributed by atoms with van der Waals surface area (Å²) in [5, 5.41) is 9.38. The molecule has 0 radical (unpaired) electrons. The van der Waals surface area contributed by atoms with E-state index in [9.17, 15) is 14.4 Å². The van der Waals surface area contributed by atoms with Crippen molar-refractivity contribution in [2.45, 2.75) is 19.0 Å². The van der Waals surface area contributed by atoms with Gasteiger partial charge in [-0.1, -0.05) is 18.2 Å². The molecule has 8 heteroatoms. The summed E-state index contributed by atoms with van der Waals surface area (Å²) in [7, 11) is 5.54. The molecule has 1 atom stereocenters. The summed E-state index contributed by atoms with van der Waals surface area (Å²) in [4.78, 5) is 38.9. The number of rotatable bonds is 6. The van der Waals surface area contributed by atoms with Gasteiger partial charge in [0.15, 0.2) is 0 Å². The summed E-state index contributed by atoms with van der Waals surface area (Å²) in [5.74, 6) is -1.08. The van der Waals surface area contributed by atoms with Gasteiger partial charge in [-0.3, -0.25) is 14.2 Å². The van der Waals surface area contributed by atoms with Crippen molar-refractivity contribution in [1.29, 1.82) is 0 Å². The minimum Gasteiger partial charge on any atom is -0.480 e. The van der Waals surface area contributed by atoms with E-state index in [2.05, 4.69) is 0 Å². The van der Waals surface area contributed by atoms with Crippen LogP contribution in [0.3, 0.4) is 0 Å². The average Bonchev–Trinajstić information content (AvgIpc) is 2.67. The number of carboxylic acids is 1. The molecule has 0 saturated heterocycles. The van der Waals surface area contributed by atoms with Gasteiger partial charge in [0.1, 0.15) is 6.04 Å². The van der Waals surface area contributed by atoms with Crippen molar-refractivity contribution < 1.29 is 9.90 Å². The number of aromatic nitrogens is 2. The summed E-state index contributed by atoms with van der Waals surface area (Å²) in [6, 6.07) is 11.1. The lowest BCUT2D eigenvalue weighted by Crippen LogP contribution is -2.38. The molecule has 0 amide bonds. The Morgan fingerprint density at radius 3 is 2.31 bits per heavy atom. The maximum absolute atomic E-state index is 13.0. The first-order valence-corrected chi connectivity index (χ1v) is 9.16. The van der Waals surface area contributed by atoms with Crippen LogP contribution in [0.4, 0.5) is 0 Å². The Balaban J connectivity index is 2.07. The van der Waals surface area contributed by atoms with Crippen LogP contribution in [0.25, 0.3) is 16.6 Å². The van der Waals surface area contributed by atoms with E-state index < -0.39 is 23.3 Å². The van der Waals surface area contributed by atoms with Gasteiger partial charge in [0.05, 0.1) is 16.6 Å². The van der Waals surface area contributed by atoms with Crippen LogP contribution >= 0.6 is 0 Å². The average molecular weight is 396 g/mol. The quantitative estimate of drug-likeness (QED) is 0.635. The van der Waals surface area contributed by atoms with Gasteiger partial charge in [-0.25, -0.2) is 9.36 Å². The molecule has 1 heterocycles. The van der Waals surface area contributed by atoms with Crippen LogP contribution in [-0.2, 0) is 24.8 Å². The molecule has 1 unspecified atom stereocenters. The first-order chi connectivity index (χ1) is 13.7. The zero-order chi connectivity index (χ0) is 21.3. The first kappa shape index (κ1) is 20.5. The smallest absolute Gasteiger partial charge is 0.335 e. The van der Waals surface area contributed by atoms with Crippen molar-refractivity contribution in [1.82, 2.24) is 14.0 Å². The van der Waals surface area contributed by atoms with Crippen molar-refractivity contribution in [3.05, 3.63) is 74.4 Å². The molecule has 0 aliphatic rings. The van der Waals surface area contributed by atoms with E-state index in [1.165, 1.54) is 4.57 Å². The van der Waals surface area contributed by atoms with E-state index >= 15 is 0 Å². The molecule has 0 aliphatic carbocycles. The Hall–Kier alpha value is -3.23. The summed E-state index contributed by atoms with van der Waals surface area (Å²) in [6.07, 6.45) is 0.162. The number of hydrogen-bond acceptors (Lipinski definition) is 5.